The van der Waals surface area contributed by atoms with Crippen LogP contribution in [0.5, 0.6) is 0 Å². The second kappa shape index (κ2) is 14.4. The van der Waals surface area contributed by atoms with E-state index in [2.05, 4.69) is 26.8 Å². The molecule has 0 saturated carbocycles. The number of methoxy groups -OCH3 is 1. The summed E-state index contributed by atoms with van der Waals surface area (Å²) in [6.45, 7) is 5.29. The lowest BCUT2D eigenvalue weighted by Gasteiger charge is -2.37. The Morgan fingerprint density at radius 3 is 2.38 bits per heavy atom. The van der Waals surface area contributed by atoms with Crippen LogP contribution in [0.25, 0.3) is 17.0 Å². The number of hydrogen-bond donors (Lipinski definition) is 2. The number of nitrogens with two attached hydrogens (primary N) is 1. The van der Waals surface area contributed by atoms with Gasteiger partial charge in [0.2, 0.25) is 5.91 Å². The van der Waals surface area contributed by atoms with Gasteiger partial charge >= 0.3 is 0 Å². The first-order valence-corrected chi connectivity index (χ1v) is 16.3. The first kappa shape index (κ1) is 34.7. The van der Waals surface area contributed by atoms with Crippen molar-refractivity contribution in [2.24, 2.45) is 0 Å². The summed E-state index contributed by atoms with van der Waals surface area (Å²) in [4.78, 5) is 42.6. The van der Waals surface area contributed by atoms with E-state index in [1.54, 1.807) is 59.8 Å². The highest BCUT2D eigenvalue weighted by Crippen LogP contribution is 2.38. The maximum absolute atomic E-state index is 16.0. The van der Waals surface area contributed by atoms with Crippen molar-refractivity contribution in [3.63, 3.8) is 0 Å². The summed E-state index contributed by atoms with van der Waals surface area (Å²) in [7, 11) is 1.45. The van der Waals surface area contributed by atoms with E-state index in [1.807, 2.05) is 17.0 Å². The molecule has 3 N–H and O–H groups in total. The second-order valence-electron chi connectivity index (χ2n) is 12.7. The van der Waals surface area contributed by atoms with Crippen molar-refractivity contribution in [2.75, 3.05) is 50.9 Å². The fraction of sp³-hybridized carbons (Fsp3) is 0.324. The lowest BCUT2D eigenvalue weighted by Crippen LogP contribution is -2.49. The molecule has 0 unspecified atom stereocenters. The molecule has 2 aromatic carbocycles. The Hall–Kier alpha value is -5.14. The number of piperidine rings is 1. The molecule has 260 valence electrons. The van der Waals surface area contributed by atoms with Crippen LogP contribution in [0.4, 0.5) is 24.5 Å². The van der Waals surface area contributed by atoms with Gasteiger partial charge in [-0.3, -0.25) is 19.5 Å². The molecular formula is C37H38F3N7O3. The van der Waals surface area contributed by atoms with Crippen LogP contribution in [0.2, 0.25) is 0 Å². The third kappa shape index (κ3) is 7.24. The molecule has 0 spiro atoms. The van der Waals surface area contributed by atoms with Gasteiger partial charge < -0.3 is 20.7 Å². The van der Waals surface area contributed by atoms with Crippen LogP contribution in [0.3, 0.4) is 0 Å². The largest absolute Gasteiger partial charge is 0.398 e. The number of rotatable bonds is 10. The van der Waals surface area contributed by atoms with Gasteiger partial charge in [-0.1, -0.05) is 30.8 Å². The monoisotopic (exact) mass is 685 g/mol. The summed E-state index contributed by atoms with van der Waals surface area (Å²) in [5.74, 6) is 0.0373. The van der Waals surface area contributed by atoms with Crippen molar-refractivity contribution < 1.29 is 27.5 Å². The predicted octanol–water partition coefficient (Wildman–Crippen LogP) is 5.64. The molecule has 2 aliphatic rings. The van der Waals surface area contributed by atoms with Gasteiger partial charge in [0.25, 0.3) is 12.3 Å². The Morgan fingerprint density at radius 1 is 0.980 bits per heavy atom. The first-order valence-electron chi connectivity index (χ1n) is 16.3. The fourth-order valence-corrected chi connectivity index (χ4v) is 6.55. The number of anilines is 2. The quantitative estimate of drug-likeness (QED) is 0.206. The molecule has 4 heterocycles. The SMILES string of the molecule is C=C(c1ccnc(C(F)F)c1)c1cc(NC(=O)[C@]2(OC)CCN(CC(=O)N3CCC(F)(c4ccc(-c5ncccn5)cc4)CC3)C2)ccc1N. The van der Waals surface area contributed by atoms with Crippen molar-refractivity contribution in [1.82, 2.24) is 24.8 Å². The number of nitrogens with one attached hydrogen (secondary N) is 1. The van der Waals surface area contributed by atoms with E-state index in [-0.39, 0.29) is 50.6 Å². The zero-order chi connectivity index (χ0) is 35.5. The molecule has 13 heteroatoms. The van der Waals surface area contributed by atoms with E-state index in [0.717, 1.165) is 5.56 Å². The third-order valence-electron chi connectivity index (χ3n) is 9.60. The van der Waals surface area contributed by atoms with E-state index < -0.39 is 23.6 Å². The van der Waals surface area contributed by atoms with E-state index in [4.69, 9.17) is 10.5 Å². The molecular weight excluding hydrogens is 647 g/mol. The summed E-state index contributed by atoms with van der Waals surface area (Å²) >= 11 is 0. The number of nitrogens with zero attached hydrogens (tertiary/aromatic N) is 5. The van der Waals surface area contributed by atoms with E-state index >= 15 is 4.39 Å². The van der Waals surface area contributed by atoms with Crippen LogP contribution in [-0.2, 0) is 20.0 Å². The lowest BCUT2D eigenvalue weighted by atomic mass is 9.85. The van der Waals surface area contributed by atoms with Gasteiger partial charge in [-0.25, -0.2) is 23.1 Å². The molecule has 4 aromatic rings. The zero-order valence-corrected chi connectivity index (χ0v) is 27.6. The predicted molar refractivity (Wildman–Crippen MR) is 184 cm³/mol. The number of pyridine rings is 1. The van der Waals surface area contributed by atoms with Crippen LogP contribution >= 0.6 is 0 Å². The maximum atomic E-state index is 16.0. The number of hydrogen-bond acceptors (Lipinski definition) is 8. The number of carbonyl (C=O) groups is 2. The summed E-state index contributed by atoms with van der Waals surface area (Å²) in [5, 5.41) is 2.89. The Morgan fingerprint density at radius 2 is 1.70 bits per heavy atom. The Kier molecular flexibility index (Phi) is 9.98. The topological polar surface area (TPSA) is 127 Å². The Balaban J connectivity index is 1.04. The van der Waals surface area contributed by atoms with Crippen LogP contribution in [0, 0.1) is 0 Å². The van der Waals surface area contributed by atoms with Gasteiger partial charge in [0.1, 0.15) is 11.4 Å². The highest BCUT2D eigenvalue weighted by Gasteiger charge is 2.46. The average Bonchev–Trinajstić information content (AvgIpc) is 3.57. The summed E-state index contributed by atoms with van der Waals surface area (Å²) in [6.07, 6.45) is 2.56. The van der Waals surface area contributed by atoms with Crippen LogP contribution < -0.4 is 11.1 Å². The third-order valence-corrected chi connectivity index (χ3v) is 9.60. The number of nitrogen functional groups attached to an aromatic ring is 1. The molecule has 2 fully saturated rings. The molecule has 0 bridgehead atoms. The Bertz CT molecular complexity index is 1870. The molecule has 2 amide bonds. The van der Waals surface area contributed by atoms with Gasteiger partial charge in [0, 0.05) is 87.2 Å². The maximum Gasteiger partial charge on any atom is 0.280 e. The van der Waals surface area contributed by atoms with Crippen LogP contribution in [0.15, 0.2) is 85.8 Å². The highest BCUT2D eigenvalue weighted by molar-refractivity contribution is 5.99. The molecule has 2 aromatic heterocycles. The lowest BCUT2D eigenvalue weighted by molar-refractivity contribution is -0.139. The molecule has 0 radical (unpaired) electrons. The number of carbonyl (C=O) groups excluding carboxylic acids is 2. The van der Waals surface area contributed by atoms with Crippen LogP contribution in [-0.4, -0.2) is 82.0 Å². The summed E-state index contributed by atoms with van der Waals surface area (Å²) in [5.41, 5.74) is 6.48. The summed E-state index contributed by atoms with van der Waals surface area (Å²) in [6, 6.07) is 16.6. The Labute approximate surface area is 288 Å². The van der Waals surface area contributed by atoms with E-state index in [1.165, 1.54) is 19.4 Å². The van der Waals surface area contributed by atoms with E-state index in [0.29, 0.717) is 52.4 Å². The number of likely N-dealkylation sites (tertiary alicyclic amines) is 2. The molecule has 0 aliphatic carbocycles. The normalized spacial score (nSPS) is 19.0. The molecule has 1 atom stereocenters. The van der Waals surface area contributed by atoms with Crippen molar-refractivity contribution in [3.8, 4) is 11.4 Å². The number of benzene rings is 2. The van der Waals surface area contributed by atoms with Crippen molar-refractivity contribution in [2.45, 2.75) is 37.0 Å². The standard InChI is InChI=1S/C37H38F3N7O3/c1-24(26-10-16-42-31(20-26)33(38)39)29-21-28(8-9-30(29)41)45-35(49)37(50-2)13-17-46(23-37)22-32(48)47-18-11-36(40,12-19-47)27-6-4-25(5-7-27)34-43-14-3-15-44-34/h3-10,14-16,20-21,33H,1,11-13,17-19,22-23,41H2,2H3,(H,45,49)/t37-/m0/s1. The second-order valence-corrected chi connectivity index (χ2v) is 12.7. The molecule has 2 saturated heterocycles. The number of aromatic nitrogens is 3. The number of amides is 2. The number of ether oxygens (including phenoxy) is 1. The van der Waals surface area contributed by atoms with Crippen LogP contribution in [0.1, 0.15) is 48.1 Å². The van der Waals surface area contributed by atoms with E-state index in [9.17, 15) is 18.4 Å². The number of alkyl halides is 3. The fourth-order valence-electron chi connectivity index (χ4n) is 6.55. The molecule has 10 nitrogen and oxygen atoms in total. The minimum atomic E-state index is -2.74. The zero-order valence-electron chi connectivity index (χ0n) is 27.6. The van der Waals surface area contributed by atoms with Gasteiger partial charge in [-0.2, -0.15) is 0 Å². The highest BCUT2D eigenvalue weighted by atomic mass is 19.3. The van der Waals surface area contributed by atoms with Crippen molar-refractivity contribution >= 4 is 28.8 Å². The van der Waals surface area contributed by atoms with Gasteiger partial charge in [-0.15, -0.1) is 0 Å². The molecule has 50 heavy (non-hydrogen) atoms. The minimum Gasteiger partial charge on any atom is -0.398 e. The molecule has 6 rings (SSSR count). The van der Waals surface area contributed by atoms with Gasteiger partial charge in [-0.05, 0) is 59.5 Å². The smallest absolute Gasteiger partial charge is 0.280 e. The average molecular weight is 686 g/mol. The first-order chi connectivity index (χ1) is 24.0. The molecule has 2 aliphatic heterocycles. The number of halogens is 3. The summed E-state index contributed by atoms with van der Waals surface area (Å²) < 4.78 is 48.3. The van der Waals surface area contributed by atoms with Gasteiger partial charge in [0.05, 0.1) is 6.54 Å². The van der Waals surface area contributed by atoms with Gasteiger partial charge in [0.15, 0.2) is 11.4 Å². The van der Waals surface area contributed by atoms with Crippen molar-refractivity contribution in [1.29, 1.82) is 0 Å². The minimum absolute atomic E-state index is 0.0713. The van der Waals surface area contributed by atoms with Crippen molar-refractivity contribution in [3.05, 3.63) is 108 Å².